The number of carbonyl (C=O) groups is 2. The van der Waals surface area contributed by atoms with Crippen LogP contribution in [0, 0.1) is 5.92 Å². The van der Waals surface area contributed by atoms with E-state index in [4.69, 9.17) is 9.11 Å². The Labute approximate surface area is 112 Å². The highest BCUT2D eigenvalue weighted by Gasteiger charge is 2.31. The number of hydrogen-bond acceptors (Lipinski definition) is 5. The van der Waals surface area contributed by atoms with E-state index in [0.717, 1.165) is 0 Å². The van der Waals surface area contributed by atoms with Gasteiger partial charge in [-0.3, -0.25) is 9.35 Å². The zero-order valence-electron chi connectivity index (χ0n) is 10.3. The van der Waals surface area contributed by atoms with Gasteiger partial charge in [0.15, 0.2) is 5.25 Å². The van der Waals surface area contributed by atoms with Crippen LogP contribution in [0.1, 0.15) is 13.3 Å². The summed E-state index contributed by atoms with van der Waals surface area (Å²) in [5, 5.41) is 0.312. The Balaban J connectivity index is 4.78. The normalized spacial score (nSPS) is 18.1. The van der Waals surface area contributed by atoms with Gasteiger partial charge in [-0.05, 0) is 12.3 Å². The summed E-state index contributed by atoms with van der Waals surface area (Å²) >= 11 is 0. The molecule has 0 spiro atoms. The quantitative estimate of drug-likeness (QED) is 0.290. The van der Waals surface area contributed by atoms with Gasteiger partial charge in [0.25, 0.3) is 10.1 Å². The van der Waals surface area contributed by atoms with Crippen molar-refractivity contribution >= 4 is 38.0 Å². The fourth-order valence-corrected chi connectivity index (χ4v) is 2.65. The zero-order chi connectivity index (χ0) is 15.3. The molecule has 0 aromatic rings. The predicted molar refractivity (Wildman–Crippen MR) is 71.0 cm³/mol. The highest BCUT2D eigenvalue weighted by Crippen LogP contribution is 2.07. The summed E-state index contributed by atoms with van der Waals surface area (Å²) < 4.78 is 50.9. The van der Waals surface area contributed by atoms with Gasteiger partial charge in [0.1, 0.15) is 6.29 Å². The molecule has 0 aromatic heterocycles. The smallest absolute Gasteiger partial charge is 0.276 e. The summed E-state index contributed by atoms with van der Waals surface area (Å²) in [7, 11) is -8.17. The molecule has 3 atom stereocenters. The zero-order valence-corrected chi connectivity index (χ0v) is 11.9. The fraction of sp³-hybridized carbons (Fsp3) is 0.667. The maximum absolute atomic E-state index is 11.6. The average molecular weight is 315 g/mol. The van der Waals surface area contributed by atoms with Crippen LogP contribution in [0.15, 0.2) is 0 Å². The van der Waals surface area contributed by atoms with Gasteiger partial charge in [-0.25, -0.2) is 4.21 Å². The van der Waals surface area contributed by atoms with Crippen LogP contribution in [0.5, 0.6) is 0 Å². The van der Waals surface area contributed by atoms with Gasteiger partial charge >= 0.3 is 0 Å². The summed E-state index contributed by atoms with van der Waals surface area (Å²) in [6.07, 6.45) is 0.0260. The standard InChI is InChI=1S/C9H17NO7S2/c1-7(6-11)5-10-9(12)8(19(15,16)17)3-4-18(2,13)14/h6-8H,2-5H2,1H3,(H,10,12)(H,13,14)(H,15,16,17). The number of aldehydes is 1. The molecule has 0 radical (unpaired) electrons. The van der Waals surface area contributed by atoms with Gasteiger partial charge in [0, 0.05) is 18.2 Å². The van der Waals surface area contributed by atoms with Crippen molar-refractivity contribution in [2.24, 2.45) is 5.92 Å². The van der Waals surface area contributed by atoms with E-state index in [2.05, 4.69) is 11.2 Å². The van der Waals surface area contributed by atoms with Crippen LogP contribution in [0.4, 0.5) is 0 Å². The first-order valence-electron chi connectivity index (χ1n) is 5.24. The lowest BCUT2D eigenvalue weighted by atomic mass is 10.2. The molecular formula is C9H17NO7S2. The summed E-state index contributed by atoms with van der Waals surface area (Å²) in [4.78, 5) is 21.9. The van der Waals surface area contributed by atoms with E-state index in [-0.39, 0.29) is 6.54 Å². The molecule has 8 nitrogen and oxygen atoms in total. The third kappa shape index (κ3) is 7.93. The third-order valence-electron chi connectivity index (χ3n) is 2.18. The van der Waals surface area contributed by atoms with Gasteiger partial charge in [-0.2, -0.15) is 8.42 Å². The molecule has 0 aliphatic rings. The maximum atomic E-state index is 11.6. The van der Waals surface area contributed by atoms with Gasteiger partial charge < -0.3 is 14.7 Å². The molecule has 1 amide bonds. The van der Waals surface area contributed by atoms with Crippen molar-refractivity contribution in [3.63, 3.8) is 0 Å². The van der Waals surface area contributed by atoms with Crippen molar-refractivity contribution in [2.75, 3.05) is 12.3 Å². The van der Waals surface area contributed by atoms with Gasteiger partial charge in [0.2, 0.25) is 5.91 Å². The highest BCUT2D eigenvalue weighted by atomic mass is 32.2. The van der Waals surface area contributed by atoms with Crippen molar-refractivity contribution in [1.82, 2.24) is 5.32 Å². The average Bonchev–Trinajstić information content (AvgIpc) is 2.22. The molecule has 0 bridgehead atoms. The molecule has 0 saturated carbocycles. The Bertz CT molecular complexity index is 523. The van der Waals surface area contributed by atoms with Crippen LogP contribution in [-0.4, -0.2) is 57.3 Å². The van der Waals surface area contributed by atoms with Crippen LogP contribution in [0.25, 0.3) is 0 Å². The van der Waals surface area contributed by atoms with Crippen molar-refractivity contribution in [3.8, 4) is 0 Å². The second-order valence-corrected chi connectivity index (χ2v) is 7.68. The lowest BCUT2D eigenvalue weighted by Gasteiger charge is -2.14. The third-order valence-corrected chi connectivity index (χ3v) is 4.22. The first-order chi connectivity index (χ1) is 8.47. The molecule has 10 heteroatoms. The Morgan fingerprint density at radius 1 is 1.37 bits per heavy atom. The van der Waals surface area contributed by atoms with Crippen molar-refractivity contribution in [3.05, 3.63) is 0 Å². The van der Waals surface area contributed by atoms with Crippen LogP contribution >= 0.6 is 0 Å². The lowest BCUT2D eigenvalue weighted by molar-refractivity contribution is -0.121. The Hall–Kier alpha value is -0.970. The molecule has 3 unspecified atom stereocenters. The Morgan fingerprint density at radius 2 is 1.89 bits per heavy atom. The van der Waals surface area contributed by atoms with E-state index >= 15 is 0 Å². The lowest BCUT2D eigenvalue weighted by Crippen LogP contribution is -2.42. The summed E-state index contributed by atoms with van der Waals surface area (Å²) in [6.45, 7) is 1.42. The summed E-state index contributed by atoms with van der Waals surface area (Å²) in [5.41, 5.74) is 0. The molecule has 0 fully saturated rings. The van der Waals surface area contributed by atoms with Gasteiger partial charge in [0.05, 0.1) is 9.80 Å². The molecule has 0 saturated heterocycles. The molecule has 0 aromatic carbocycles. The van der Waals surface area contributed by atoms with Crippen LogP contribution < -0.4 is 5.32 Å². The Kier molecular flexibility index (Phi) is 6.63. The number of carbonyl (C=O) groups excluding carboxylic acids is 2. The molecule has 0 aliphatic heterocycles. The minimum atomic E-state index is -4.71. The van der Waals surface area contributed by atoms with Crippen LogP contribution in [-0.2, 0) is 29.5 Å². The van der Waals surface area contributed by atoms with Crippen molar-refractivity contribution in [2.45, 2.75) is 18.6 Å². The van der Waals surface area contributed by atoms with E-state index in [1.165, 1.54) is 6.92 Å². The topological polar surface area (TPSA) is 138 Å². The van der Waals surface area contributed by atoms with Gasteiger partial charge in [-0.15, -0.1) is 0 Å². The first-order valence-corrected chi connectivity index (χ1v) is 8.59. The number of nitrogens with one attached hydrogen (secondary N) is 1. The fourth-order valence-electron chi connectivity index (χ4n) is 1.13. The van der Waals surface area contributed by atoms with E-state index in [1.54, 1.807) is 0 Å². The molecule has 19 heavy (non-hydrogen) atoms. The summed E-state index contributed by atoms with van der Waals surface area (Å²) in [6, 6.07) is 0. The van der Waals surface area contributed by atoms with Crippen molar-refractivity contribution < 1.29 is 31.3 Å². The molecule has 0 aliphatic carbocycles. The predicted octanol–water partition coefficient (Wildman–Crippen LogP) is -1.23. The minimum absolute atomic E-state index is 0.0901. The number of rotatable bonds is 8. The van der Waals surface area contributed by atoms with Gasteiger partial charge in [-0.1, -0.05) is 6.92 Å². The van der Waals surface area contributed by atoms with Crippen molar-refractivity contribution in [1.29, 1.82) is 0 Å². The second kappa shape index (κ2) is 6.98. The monoisotopic (exact) mass is 315 g/mol. The molecular weight excluding hydrogens is 298 g/mol. The van der Waals surface area contributed by atoms with E-state index in [9.17, 15) is 22.2 Å². The maximum Gasteiger partial charge on any atom is 0.276 e. The number of hydrogen-bond donors (Lipinski definition) is 3. The van der Waals surface area contributed by atoms with E-state index in [1.807, 2.05) is 0 Å². The second-order valence-electron chi connectivity index (χ2n) is 4.13. The van der Waals surface area contributed by atoms with Crippen LogP contribution in [0.2, 0.25) is 0 Å². The number of amides is 1. The first kappa shape index (κ1) is 18.0. The van der Waals surface area contributed by atoms with E-state index < -0.39 is 49.2 Å². The van der Waals surface area contributed by atoms with E-state index in [0.29, 0.717) is 6.29 Å². The Morgan fingerprint density at radius 3 is 2.26 bits per heavy atom. The van der Waals surface area contributed by atoms with Crippen LogP contribution in [0.3, 0.4) is 0 Å². The molecule has 0 heterocycles. The molecule has 112 valence electrons. The SMILES string of the molecule is C=S(=O)(O)CCC(C(=O)NCC(C)C=O)S(=O)(=O)O. The highest BCUT2D eigenvalue weighted by molar-refractivity contribution is 7.95. The molecule has 0 rings (SSSR count). The minimum Gasteiger partial charge on any atom is -0.354 e. The molecule has 3 N–H and O–H groups in total. The summed E-state index contributed by atoms with van der Waals surface area (Å²) in [5.74, 6) is 0.812. The largest absolute Gasteiger partial charge is 0.354 e.